The van der Waals surface area contributed by atoms with E-state index >= 15 is 0 Å². The lowest BCUT2D eigenvalue weighted by Gasteiger charge is -2.19. The number of imidazole rings is 1. The van der Waals surface area contributed by atoms with E-state index < -0.39 is 0 Å². The predicted octanol–water partition coefficient (Wildman–Crippen LogP) is 2.29. The van der Waals surface area contributed by atoms with Gasteiger partial charge in [0.15, 0.2) is 0 Å². The van der Waals surface area contributed by atoms with Crippen LogP contribution in [-0.4, -0.2) is 27.2 Å². The highest BCUT2D eigenvalue weighted by Crippen LogP contribution is 2.28. The molecule has 2 aromatic heterocycles. The van der Waals surface area contributed by atoms with Crippen LogP contribution in [0.1, 0.15) is 36.0 Å². The van der Waals surface area contributed by atoms with E-state index in [1.54, 1.807) is 11.3 Å². The molecule has 0 aliphatic carbocycles. The largest absolute Gasteiger partial charge is 0.369 e. The average molecular weight is 292 g/mol. The van der Waals surface area contributed by atoms with Crippen molar-refractivity contribution in [3.63, 3.8) is 0 Å². The van der Waals surface area contributed by atoms with E-state index in [0.29, 0.717) is 6.04 Å². The summed E-state index contributed by atoms with van der Waals surface area (Å²) in [5.41, 5.74) is 1.11. The van der Waals surface area contributed by atoms with Crippen molar-refractivity contribution in [1.29, 1.82) is 0 Å². The van der Waals surface area contributed by atoms with Gasteiger partial charge in [-0.1, -0.05) is 0 Å². The minimum absolute atomic E-state index is 0.0460. The van der Waals surface area contributed by atoms with Crippen LogP contribution in [0.4, 0.5) is 0 Å². The molecular weight excluding hydrogens is 272 g/mol. The first-order chi connectivity index (χ1) is 9.78. The van der Waals surface area contributed by atoms with Crippen molar-refractivity contribution in [2.24, 2.45) is 0 Å². The Bertz CT molecular complexity index is 565. The van der Waals surface area contributed by atoms with Crippen LogP contribution in [0.2, 0.25) is 0 Å². The molecule has 1 N–H and O–H groups in total. The number of nitrogens with zero attached hydrogens (tertiary/aromatic N) is 3. The van der Waals surface area contributed by atoms with Gasteiger partial charge in [-0.25, -0.2) is 9.97 Å². The van der Waals surface area contributed by atoms with Gasteiger partial charge >= 0.3 is 0 Å². The van der Waals surface area contributed by atoms with Gasteiger partial charge in [-0.3, -0.25) is 0 Å². The topological polar surface area (TPSA) is 52.0 Å². The van der Waals surface area contributed by atoms with Crippen LogP contribution in [0.15, 0.2) is 17.8 Å². The van der Waals surface area contributed by atoms with Crippen LogP contribution in [-0.2, 0) is 17.8 Å². The second-order valence-electron chi connectivity index (χ2n) is 5.00. The lowest BCUT2D eigenvalue weighted by molar-refractivity contribution is 0.0885. The zero-order valence-electron chi connectivity index (χ0n) is 11.9. The highest BCUT2D eigenvalue weighted by Gasteiger charge is 2.32. The van der Waals surface area contributed by atoms with Gasteiger partial charge in [0.2, 0.25) is 0 Å². The van der Waals surface area contributed by atoms with Crippen LogP contribution >= 0.6 is 11.3 Å². The highest BCUT2D eigenvalue weighted by atomic mass is 32.1. The molecule has 2 atom stereocenters. The Kier molecular flexibility index (Phi) is 4.14. The van der Waals surface area contributed by atoms with Gasteiger partial charge in [0.05, 0.1) is 10.7 Å². The van der Waals surface area contributed by atoms with Crippen molar-refractivity contribution in [1.82, 2.24) is 19.9 Å². The number of nitrogens with one attached hydrogen (secondary N) is 1. The molecule has 3 rings (SSSR count). The third-order valence-corrected chi connectivity index (χ3v) is 4.47. The van der Waals surface area contributed by atoms with Gasteiger partial charge in [-0.15, -0.1) is 11.3 Å². The average Bonchev–Trinajstić information content (AvgIpc) is 3.15. The first kappa shape index (κ1) is 13.7. The highest BCUT2D eigenvalue weighted by molar-refractivity contribution is 7.09. The van der Waals surface area contributed by atoms with Crippen LogP contribution in [0.3, 0.4) is 0 Å². The van der Waals surface area contributed by atoms with E-state index in [2.05, 4.69) is 32.2 Å². The molecule has 0 radical (unpaired) electrons. The fourth-order valence-electron chi connectivity index (χ4n) is 2.62. The molecule has 6 heteroatoms. The predicted molar refractivity (Wildman–Crippen MR) is 78.7 cm³/mol. The molecule has 1 aliphatic rings. The number of rotatable bonds is 5. The fraction of sp³-hybridized carbons (Fsp3) is 0.571. The number of hydrogen-bond donors (Lipinski definition) is 1. The Balaban J connectivity index is 1.66. The maximum absolute atomic E-state index is 5.88. The second-order valence-corrected chi connectivity index (χ2v) is 6.06. The third-order valence-electron chi connectivity index (χ3n) is 3.65. The summed E-state index contributed by atoms with van der Waals surface area (Å²) in [4.78, 5) is 8.95. The van der Waals surface area contributed by atoms with Crippen LogP contribution in [0.25, 0.3) is 0 Å². The zero-order valence-corrected chi connectivity index (χ0v) is 12.7. The molecule has 108 valence electrons. The third kappa shape index (κ3) is 2.77. The molecule has 0 spiro atoms. The van der Waals surface area contributed by atoms with Crippen molar-refractivity contribution in [2.45, 2.75) is 45.5 Å². The van der Waals surface area contributed by atoms with Crippen molar-refractivity contribution in [3.05, 3.63) is 34.3 Å². The summed E-state index contributed by atoms with van der Waals surface area (Å²) in [6.45, 7) is 6.66. The van der Waals surface area contributed by atoms with E-state index in [-0.39, 0.29) is 6.10 Å². The summed E-state index contributed by atoms with van der Waals surface area (Å²) in [7, 11) is 0. The van der Waals surface area contributed by atoms with E-state index in [1.807, 2.05) is 19.3 Å². The van der Waals surface area contributed by atoms with Gasteiger partial charge in [0.1, 0.15) is 11.9 Å². The van der Waals surface area contributed by atoms with Crippen LogP contribution in [0, 0.1) is 6.92 Å². The molecule has 0 aromatic carbocycles. The molecule has 3 heterocycles. The van der Waals surface area contributed by atoms with E-state index in [4.69, 9.17) is 4.74 Å². The summed E-state index contributed by atoms with van der Waals surface area (Å²) in [6, 6.07) is 0.310. The first-order valence-electron chi connectivity index (χ1n) is 7.05. The number of aryl methyl sites for hydroxylation is 2. The van der Waals surface area contributed by atoms with Gasteiger partial charge in [-0.05, 0) is 20.3 Å². The van der Waals surface area contributed by atoms with E-state index in [1.165, 1.54) is 0 Å². The minimum atomic E-state index is 0.0460. The first-order valence-corrected chi connectivity index (χ1v) is 7.93. The molecule has 1 fully saturated rings. The summed E-state index contributed by atoms with van der Waals surface area (Å²) >= 11 is 1.69. The van der Waals surface area contributed by atoms with E-state index in [9.17, 15) is 0 Å². The maximum Gasteiger partial charge on any atom is 0.139 e. The van der Waals surface area contributed by atoms with Crippen molar-refractivity contribution in [2.75, 3.05) is 6.61 Å². The summed E-state index contributed by atoms with van der Waals surface area (Å²) in [5.74, 6) is 1.02. The zero-order chi connectivity index (χ0) is 13.9. The number of ether oxygens (including phenoxy) is 1. The van der Waals surface area contributed by atoms with Crippen molar-refractivity contribution >= 4 is 11.3 Å². The molecule has 1 aliphatic heterocycles. The Morgan fingerprint density at radius 3 is 3.20 bits per heavy atom. The standard InChI is InChI=1S/C14H20N4OS/c1-3-18-6-5-15-14(18)13-12(4-7-19-13)16-8-11-9-20-10(2)17-11/h5-6,9,12-13,16H,3-4,7-8H2,1-2H3/t12-,13-/m0/s1. The maximum atomic E-state index is 5.88. The quantitative estimate of drug-likeness (QED) is 0.918. The lowest BCUT2D eigenvalue weighted by atomic mass is 10.1. The minimum Gasteiger partial charge on any atom is -0.369 e. The SMILES string of the molecule is CCn1ccnc1[C@H]1OCC[C@@H]1NCc1csc(C)n1. The molecule has 0 saturated carbocycles. The summed E-state index contributed by atoms with van der Waals surface area (Å²) in [5, 5.41) is 6.79. The molecule has 5 nitrogen and oxygen atoms in total. The summed E-state index contributed by atoms with van der Waals surface area (Å²) < 4.78 is 8.03. The molecule has 1 saturated heterocycles. The van der Waals surface area contributed by atoms with Crippen LogP contribution < -0.4 is 5.32 Å². The van der Waals surface area contributed by atoms with Gasteiger partial charge in [0.25, 0.3) is 0 Å². The lowest BCUT2D eigenvalue weighted by Crippen LogP contribution is -2.32. The molecule has 20 heavy (non-hydrogen) atoms. The fourth-order valence-corrected chi connectivity index (χ4v) is 3.24. The Morgan fingerprint density at radius 2 is 2.45 bits per heavy atom. The van der Waals surface area contributed by atoms with Gasteiger partial charge in [0, 0.05) is 43.5 Å². The monoisotopic (exact) mass is 292 g/mol. The van der Waals surface area contributed by atoms with Crippen LogP contribution in [0.5, 0.6) is 0 Å². The Morgan fingerprint density at radius 1 is 1.55 bits per heavy atom. The van der Waals surface area contributed by atoms with Gasteiger partial charge < -0.3 is 14.6 Å². The Labute approximate surface area is 123 Å². The van der Waals surface area contributed by atoms with Crippen molar-refractivity contribution < 1.29 is 4.74 Å². The molecule has 0 amide bonds. The second kappa shape index (κ2) is 6.03. The smallest absolute Gasteiger partial charge is 0.139 e. The molecule has 0 unspecified atom stereocenters. The van der Waals surface area contributed by atoms with Gasteiger partial charge in [-0.2, -0.15) is 0 Å². The van der Waals surface area contributed by atoms with Crippen molar-refractivity contribution in [3.8, 4) is 0 Å². The number of thiazole rings is 1. The Hall–Kier alpha value is -1.24. The normalized spacial score (nSPS) is 22.5. The number of aromatic nitrogens is 3. The molecule has 2 aromatic rings. The molecule has 0 bridgehead atoms. The molecular formula is C14H20N4OS. The number of hydrogen-bond acceptors (Lipinski definition) is 5. The summed E-state index contributed by atoms with van der Waals surface area (Å²) in [6.07, 6.45) is 4.92. The van der Waals surface area contributed by atoms with E-state index in [0.717, 1.165) is 42.6 Å².